The van der Waals surface area contributed by atoms with Gasteiger partial charge in [-0.2, -0.15) is 10.1 Å². The molecule has 0 bridgehead atoms. The first-order valence-corrected chi connectivity index (χ1v) is 8.73. The average Bonchev–Trinajstić information content (AvgIpc) is 3.35. The molecule has 3 aromatic rings. The summed E-state index contributed by atoms with van der Waals surface area (Å²) in [5, 5.41) is 10.2. The third kappa shape index (κ3) is 3.23. The van der Waals surface area contributed by atoms with Crippen LogP contribution in [0.5, 0.6) is 0 Å². The lowest BCUT2D eigenvalue weighted by Crippen LogP contribution is -2.45. The third-order valence-electron chi connectivity index (χ3n) is 4.12. The summed E-state index contributed by atoms with van der Waals surface area (Å²) < 4.78 is 13.1. The topological polar surface area (TPSA) is 82.1 Å². The highest BCUT2D eigenvalue weighted by Crippen LogP contribution is 2.26. The lowest BCUT2D eigenvalue weighted by Gasteiger charge is -2.35. The SMILES string of the molecule is C[C@H](c1nc(-c2cccs2)no1)N1CCO[C@H](Cn2cncn2)C1. The molecule has 3 aromatic heterocycles. The smallest absolute Gasteiger partial charge is 0.244 e. The van der Waals surface area contributed by atoms with Gasteiger partial charge in [0, 0.05) is 13.1 Å². The molecule has 0 radical (unpaired) electrons. The predicted molar refractivity (Wildman–Crippen MR) is 87.4 cm³/mol. The van der Waals surface area contributed by atoms with Gasteiger partial charge in [-0.15, -0.1) is 11.3 Å². The van der Waals surface area contributed by atoms with Crippen molar-refractivity contribution >= 4 is 11.3 Å². The molecular formula is C15H18N6O2S. The highest BCUT2D eigenvalue weighted by molar-refractivity contribution is 7.13. The molecule has 0 amide bonds. The lowest BCUT2D eigenvalue weighted by atomic mass is 10.2. The van der Waals surface area contributed by atoms with Gasteiger partial charge in [-0.3, -0.25) is 9.58 Å². The van der Waals surface area contributed by atoms with Gasteiger partial charge in [0.1, 0.15) is 12.7 Å². The van der Waals surface area contributed by atoms with Gasteiger partial charge in [0.2, 0.25) is 11.7 Å². The summed E-state index contributed by atoms with van der Waals surface area (Å²) in [4.78, 5) is 11.8. The van der Waals surface area contributed by atoms with Gasteiger partial charge in [0.15, 0.2) is 0 Å². The standard InChI is InChI=1S/C15H18N6O2S/c1-11(15-18-14(19-23-15)13-3-2-6-24-13)20-4-5-22-12(7-20)8-21-10-16-9-17-21/h2-3,6,9-12H,4-5,7-8H2,1H3/t11-,12+/m1/s1. The van der Waals surface area contributed by atoms with E-state index >= 15 is 0 Å². The Hall–Kier alpha value is -2.10. The summed E-state index contributed by atoms with van der Waals surface area (Å²) in [6, 6.07) is 4.02. The maximum absolute atomic E-state index is 5.84. The zero-order valence-electron chi connectivity index (χ0n) is 13.3. The first kappa shape index (κ1) is 15.4. The highest BCUT2D eigenvalue weighted by atomic mass is 32.1. The van der Waals surface area contributed by atoms with Gasteiger partial charge in [-0.25, -0.2) is 4.98 Å². The summed E-state index contributed by atoms with van der Waals surface area (Å²) in [7, 11) is 0. The summed E-state index contributed by atoms with van der Waals surface area (Å²) in [5.41, 5.74) is 0. The summed E-state index contributed by atoms with van der Waals surface area (Å²) in [6.07, 6.45) is 3.31. The van der Waals surface area contributed by atoms with E-state index in [-0.39, 0.29) is 12.1 Å². The average molecular weight is 346 g/mol. The Morgan fingerprint density at radius 1 is 1.46 bits per heavy atom. The largest absolute Gasteiger partial charge is 0.374 e. The van der Waals surface area contributed by atoms with Crippen LogP contribution in [0.4, 0.5) is 0 Å². The van der Waals surface area contributed by atoms with Crippen molar-refractivity contribution in [1.82, 2.24) is 29.8 Å². The Labute approximate surface area is 143 Å². The van der Waals surface area contributed by atoms with Crippen LogP contribution >= 0.6 is 11.3 Å². The highest BCUT2D eigenvalue weighted by Gasteiger charge is 2.28. The molecule has 4 rings (SSSR count). The zero-order valence-corrected chi connectivity index (χ0v) is 14.1. The number of morpholine rings is 1. The minimum absolute atomic E-state index is 0.0494. The fourth-order valence-corrected chi connectivity index (χ4v) is 3.46. The van der Waals surface area contributed by atoms with Crippen LogP contribution in [0.1, 0.15) is 18.9 Å². The van der Waals surface area contributed by atoms with Gasteiger partial charge in [0.05, 0.1) is 30.2 Å². The fraction of sp³-hybridized carbons (Fsp3) is 0.467. The molecule has 1 saturated heterocycles. The zero-order chi connectivity index (χ0) is 16.4. The number of rotatable bonds is 5. The van der Waals surface area contributed by atoms with Crippen LogP contribution in [-0.4, -0.2) is 55.6 Å². The van der Waals surface area contributed by atoms with Gasteiger partial charge in [-0.1, -0.05) is 11.2 Å². The predicted octanol–water partition coefficient (Wildman–Crippen LogP) is 1.85. The molecule has 1 aliphatic heterocycles. The van der Waals surface area contributed by atoms with E-state index in [1.165, 1.54) is 6.33 Å². The minimum Gasteiger partial charge on any atom is -0.374 e. The Kier molecular flexibility index (Phi) is 4.37. The Morgan fingerprint density at radius 2 is 2.42 bits per heavy atom. The van der Waals surface area contributed by atoms with E-state index in [9.17, 15) is 0 Å². The molecule has 126 valence electrons. The van der Waals surface area contributed by atoms with E-state index in [0.29, 0.717) is 24.9 Å². The van der Waals surface area contributed by atoms with Gasteiger partial charge in [-0.05, 0) is 18.4 Å². The maximum Gasteiger partial charge on any atom is 0.244 e. The number of aromatic nitrogens is 5. The number of ether oxygens (including phenoxy) is 1. The van der Waals surface area contributed by atoms with Crippen molar-refractivity contribution in [3.8, 4) is 10.7 Å². The molecular weight excluding hydrogens is 328 g/mol. The summed E-state index contributed by atoms with van der Waals surface area (Å²) in [5.74, 6) is 1.29. The molecule has 0 aliphatic carbocycles. The van der Waals surface area contributed by atoms with Crippen LogP contribution < -0.4 is 0 Å². The lowest BCUT2D eigenvalue weighted by molar-refractivity contribution is -0.0532. The Balaban J connectivity index is 1.43. The van der Waals surface area contributed by atoms with Gasteiger partial charge < -0.3 is 9.26 Å². The summed E-state index contributed by atoms with van der Waals surface area (Å²) in [6.45, 7) is 5.08. The second kappa shape index (κ2) is 6.80. The van der Waals surface area contributed by atoms with Crippen molar-refractivity contribution in [2.45, 2.75) is 25.6 Å². The van der Waals surface area contributed by atoms with Crippen LogP contribution in [0.15, 0.2) is 34.7 Å². The normalized spacial score (nSPS) is 20.3. The Bertz CT molecular complexity index is 757. The number of thiophene rings is 1. The second-order valence-electron chi connectivity index (χ2n) is 5.71. The van der Waals surface area contributed by atoms with Crippen molar-refractivity contribution in [3.63, 3.8) is 0 Å². The number of nitrogens with zero attached hydrogens (tertiary/aromatic N) is 6. The molecule has 0 N–H and O–H groups in total. The maximum atomic E-state index is 5.84. The molecule has 9 heteroatoms. The monoisotopic (exact) mass is 346 g/mol. The first-order chi connectivity index (χ1) is 11.8. The van der Waals surface area contributed by atoms with Crippen LogP contribution in [0.3, 0.4) is 0 Å². The van der Waals surface area contributed by atoms with Crippen molar-refractivity contribution in [2.75, 3.05) is 19.7 Å². The van der Waals surface area contributed by atoms with Crippen LogP contribution in [0.2, 0.25) is 0 Å². The third-order valence-corrected chi connectivity index (χ3v) is 4.98. The molecule has 24 heavy (non-hydrogen) atoms. The van der Waals surface area contributed by atoms with Gasteiger partial charge in [0.25, 0.3) is 0 Å². The van der Waals surface area contributed by atoms with Crippen LogP contribution in [0, 0.1) is 0 Å². The molecule has 1 aliphatic rings. The molecule has 8 nitrogen and oxygen atoms in total. The van der Waals surface area contributed by atoms with E-state index in [1.807, 2.05) is 17.5 Å². The van der Waals surface area contributed by atoms with Gasteiger partial charge >= 0.3 is 0 Å². The van der Waals surface area contributed by atoms with Crippen molar-refractivity contribution < 1.29 is 9.26 Å². The molecule has 1 fully saturated rings. The van der Waals surface area contributed by atoms with Crippen LogP contribution in [-0.2, 0) is 11.3 Å². The van der Waals surface area contributed by atoms with E-state index in [0.717, 1.165) is 18.0 Å². The summed E-state index contributed by atoms with van der Waals surface area (Å²) >= 11 is 1.60. The number of hydrogen-bond donors (Lipinski definition) is 0. The molecule has 0 saturated carbocycles. The number of hydrogen-bond acceptors (Lipinski definition) is 8. The van der Waals surface area contributed by atoms with Crippen LogP contribution in [0.25, 0.3) is 10.7 Å². The molecule has 2 atom stereocenters. The fourth-order valence-electron chi connectivity index (χ4n) is 2.81. The molecule has 4 heterocycles. The first-order valence-electron chi connectivity index (χ1n) is 7.85. The second-order valence-corrected chi connectivity index (χ2v) is 6.66. The van der Waals surface area contributed by atoms with E-state index < -0.39 is 0 Å². The van der Waals surface area contributed by atoms with E-state index in [4.69, 9.17) is 9.26 Å². The van der Waals surface area contributed by atoms with Crippen molar-refractivity contribution in [2.24, 2.45) is 0 Å². The van der Waals surface area contributed by atoms with E-state index in [2.05, 4.69) is 32.0 Å². The molecule has 0 aromatic carbocycles. The minimum atomic E-state index is 0.0494. The molecule has 0 spiro atoms. The Morgan fingerprint density at radius 3 is 3.21 bits per heavy atom. The molecule has 0 unspecified atom stereocenters. The van der Waals surface area contributed by atoms with E-state index in [1.54, 1.807) is 22.3 Å². The quantitative estimate of drug-likeness (QED) is 0.697. The van der Waals surface area contributed by atoms with Crippen molar-refractivity contribution in [1.29, 1.82) is 0 Å². The van der Waals surface area contributed by atoms with Crippen molar-refractivity contribution in [3.05, 3.63) is 36.1 Å².